The molecule has 1 N–H and O–H groups in total. The number of nitrogens with zero attached hydrogens (tertiary/aromatic N) is 2. The Hall–Kier alpha value is -2.66. The highest BCUT2D eigenvalue weighted by Gasteiger charge is 2.62. The first kappa shape index (κ1) is 15.8. The molecule has 1 aromatic carbocycles. The highest BCUT2D eigenvalue weighted by atomic mass is 35.5. The molecular weight excluding hydrogens is 340 g/mol. The van der Waals surface area contributed by atoms with Crippen LogP contribution in [0.4, 0.5) is 0 Å². The van der Waals surface area contributed by atoms with Gasteiger partial charge in [-0.3, -0.25) is 14.2 Å². The van der Waals surface area contributed by atoms with Gasteiger partial charge in [-0.25, -0.2) is 4.98 Å². The van der Waals surface area contributed by atoms with Crippen LogP contribution in [0.1, 0.15) is 35.1 Å². The van der Waals surface area contributed by atoms with Crippen molar-refractivity contribution in [1.29, 1.82) is 0 Å². The zero-order chi connectivity index (χ0) is 17.8. The van der Waals surface area contributed by atoms with Crippen LogP contribution in [0.3, 0.4) is 0 Å². The largest absolute Gasteiger partial charge is 0.481 e. The number of benzene rings is 1. The molecule has 126 valence electrons. The summed E-state index contributed by atoms with van der Waals surface area (Å²) in [5, 5.41) is 10.0. The van der Waals surface area contributed by atoms with Crippen molar-refractivity contribution >= 4 is 35.8 Å². The maximum absolute atomic E-state index is 12.7. The van der Waals surface area contributed by atoms with Crippen LogP contribution < -0.4 is 5.56 Å². The van der Waals surface area contributed by atoms with Crippen molar-refractivity contribution in [3.8, 4) is 0 Å². The van der Waals surface area contributed by atoms with Crippen LogP contribution in [-0.4, -0.2) is 20.6 Å². The summed E-state index contributed by atoms with van der Waals surface area (Å²) in [7, 11) is 0. The van der Waals surface area contributed by atoms with Gasteiger partial charge >= 0.3 is 5.97 Å². The summed E-state index contributed by atoms with van der Waals surface area (Å²) in [5.74, 6) is -0.394. The number of aliphatic carboxylic acids is 1. The topological polar surface area (TPSA) is 72.2 Å². The zero-order valence-electron chi connectivity index (χ0n) is 13.4. The number of carboxylic acid groups (broad SMARTS) is 1. The molecule has 1 saturated carbocycles. The molecule has 1 aliphatic carbocycles. The molecule has 1 aromatic heterocycles. The third-order valence-electron chi connectivity index (χ3n) is 4.89. The molecule has 4 rings (SSSR count). The Morgan fingerprint density at radius 1 is 1.44 bits per heavy atom. The van der Waals surface area contributed by atoms with E-state index >= 15 is 0 Å². The van der Waals surface area contributed by atoms with Gasteiger partial charge in [0, 0.05) is 10.6 Å². The molecule has 0 radical (unpaired) electrons. The van der Waals surface area contributed by atoms with Gasteiger partial charge in [0.1, 0.15) is 11.2 Å². The molecule has 0 bridgehead atoms. The fourth-order valence-corrected chi connectivity index (χ4v) is 3.51. The van der Waals surface area contributed by atoms with E-state index in [1.165, 1.54) is 4.57 Å². The van der Waals surface area contributed by atoms with Gasteiger partial charge in [-0.05, 0) is 43.2 Å². The molecule has 2 atom stereocenters. The monoisotopic (exact) mass is 354 g/mol. The Morgan fingerprint density at radius 2 is 2.24 bits per heavy atom. The Balaban J connectivity index is 1.75. The van der Waals surface area contributed by atoms with E-state index in [0.29, 0.717) is 28.5 Å². The molecule has 25 heavy (non-hydrogen) atoms. The Kier molecular flexibility index (Phi) is 3.44. The molecule has 5 nitrogen and oxygen atoms in total. The number of hydrogen-bond acceptors (Lipinski definition) is 3. The average Bonchev–Trinajstić information content (AvgIpc) is 3.33. The van der Waals surface area contributed by atoms with Crippen LogP contribution in [-0.2, 0) is 4.79 Å². The lowest BCUT2D eigenvalue weighted by molar-refractivity contribution is -0.141. The SMILES string of the molecule is Cc1c(/C=C/c2cccc(Cl)c2)nc2n(c1=O)C1CC1(C(=O)O)C=C2. The van der Waals surface area contributed by atoms with Crippen molar-refractivity contribution in [3.05, 3.63) is 68.4 Å². The molecule has 2 heterocycles. The predicted octanol–water partition coefficient (Wildman–Crippen LogP) is 3.42. The Morgan fingerprint density at radius 3 is 2.96 bits per heavy atom. The van der Waals surface area contributed by atoms with Crippen molar-refractivity contribution < 1.29 is 9.90 Å². The van der Waals surface area contributed by atoms with E-state index in [9.17, 15) is 14.7 Å². The van der Waals surface area contributed by atoms with E-state index < -0.39 is 11.4 Å². The van der Waals surface area contributed by atoms with Crippen LogP contribution in [0.15, 0.2) is 35.1 Å². The van der Waals surface area contributed by atoms with Gasteiger partial charge in [-0.2, -0.15) is 0 Å². The van der Waals surface area contributed by atoms with Crippen LogP contribution >= 0.6 is 11.6 Å². The van der Waals surface area contributed by atoms with Crippen molar-refractivity contribution in [2.24, 2.45) is 5.41 Å². The lowest BCUT2D eigenvalue weighted by atomic mass is 10.0. The van der Waals surface area contributed by atoms with Gasteiger partial charge in [0.2, 0.25) is 0 Å². The minimum atomic E-state index is -0.941. The summed E-state index contributed by atoms with van der Waals surface area (Å²) in [5.41, 5.74) is 0.860. The quantitative estimate of drug-likeness (QED) is 0.916. The van der Waals surface area contributed by atoms with Crippen molar-refractivity contribution in [2.75, 3.05) is 0 Å². The van der Waals surface area contributed by atoms with E-state index in [2.05, 4.69) is 4.98 Å². The van der Waals surface area contributed by atoms with Crippen LogP contribution in [0.2, 0.25) is 5.02 Å². The molecule has 1 aliphatic heterocycles. The smallest absolute Gasteiger partial charge is 0.315 e. The number of aromatic nitrogens is 2. The molecule has 0 spiro atoms. The third-order valence-corrected chi connectivity index (χ3v) is 5.13. The van der Waals surface area contributed by atoms with Crippen molar-refractivity contribution in [2.45, 2.75) is 19.4 Å². The fraction of sp³-hybridized carbons (Fsp3) is 0.211. The Bertz CT molecular complexity index is 1020. The molecule has 0 amide bonds. The number of halogens is 1. The number of carboxylic acids is 1. The second-order valence-electron chi connectivity index (χ2n) is 6.44. The normalized spacial score (nSPS) is 23.4. The van der Waals surface area contributed by atoms with Crippen LogP contribution in [0.25, 0.3) is 18.2 Å². The summed E-state index contributed by atoms with van der Waals surface area (Å²) >= 11 is 5.98. The maximum Gasteiger partial charge on any atom is 0.315 e. The fourth-order valence-electron chi connectivity index (χ4n) is 3.31. The first-order chi connectivity index (χ1) is 11.9. The predicted molar refractivity (Wildman–Crippen MR) is 96.4 cm³/mol. The minimum Gasteiger partial charge on any atom is -0.481 e. The third kappa shape index (κ3) is 2.43. The number of carbonyl (C=O) groups is 1. The molecular formula is C19H15ClN2O3. The standard InChI is InChI=1S/C19H15ClN2O3/c1-11-14(6-5-12-3-2-4-13(20)9-12)21-16-7-8-19(18(24)25)10-15(19)22(16)17(11)23/h2-9,15H,10H2,1H3,(H,24,25)/b6-5+. The lowest BCUT2D eigenvalue weighted by Gasteiger charge is -2.18. The van der Waals surface area contributed by atoms with Gasteiger partial charge in [-0.1, -0.05) is 35.9 Å². The van der Waals surface area contributed by atoms with Gasteiger partial charge in [0.15, 0.2) is 0 Å². The summed E-state index contributed by atoms with van der Waals surface area (Å²) in [6.07, 6.45) is 7.35. The molecule has 1 fully saturated rings. The molecule has 2 aliphatic rings. The average molecular weight is 355 g/mol. The number of hydrogen-bond donors (Lipinski definition) is 1. The Labute approximate surface area is 148 Å². The van der Waals surface area contributed by atoms with E-state index in [0.717, 1.165) is 5.56 Å². The van der Waals surface area contributed by atoms with Gasteiger partial charge < -0.3 is 5.11 Å². The van der Waals surface area contributed by atoms with Crippen molar-refractivity contribution in [3.63, 3.8) is 0 Å². The van der Waals surface area contributed by atoms with Crippen molar-refractivity contribution in [1.82, 2.24) is 9.55 Å². The zero-order valence-corrected chi connectivity index (χ0v) is 14.2. The number of fused-ring (bicyclic) bond motifs is 3. The molecule has 0 saturated heterocycles. The van der Waals surface area contributed by atoms with Gasteiger partial charge in [0.05, 0.1) is 11.7 Å². The van der Waals surface area contributed by atoms with Crippen LogP contribution in [0, 0.1) is 12.3 Å². The molecule has 6 heteroatoms. The highest BCUT2D eigenvalue weighted by molar-refractivity contribution is 6.30. The van der Waals surface area contributed by atoms with E-state index in [-0.39, 0.29) is 11.6 Å². The summed E-state index contributed by atoms with van der Waals surface area (Å²) in [6, 6.07) is 7.04. The second kappa shape index (κ2) is 5.43. The van der Waals surface area contributed by atoms with Crippen LogP contribution in [0.5, 0.6) is 0 Å². The van der Waals surface area contributed by atoms with E-state index in [1.54, 1.807) is 31.2 Å². The molecule has 2 aromatic rings. The van der Waals surface area contributed by atoms with E-state index in [1.807, 2.05) is 24.3 Å². The summed E-state index contributed by atoms with van der Waals surface area (Å²) in [4.78, 5) is 28.8. The molecule has 2 unspecified atom stereocenters. The maximum atomic E-state index is 12.7. The minimum absolute atomic E-state index is 0.187. The number of rotatable bonds is 3. The summed E-state index contributed by atoms with van der Waals surface area (Å²) < 4.78 is 1.51. The van der Waals surface area contributed by atoms with E-state index in [4.69, 9.17) is 11.6 Å². The summed E-state index contributed by atoms with van der Waals surface area (Å²) in [6.45, 7) is 1.71. The first-order valence-electron chi connectivity index (χ1n) is 7.92. The van der Waals surface area contributed by atoms with Gasteiger partial charge in [-0.15, -0.1) is 0 Å². The lowest BCUT2D eigenvalue weighted by Crippen LogP contribution is -2.31. The highest BCUT2D eigenvalue weighted by Crippen LogP contribution is 2.59. The second-order valence-corrected chi connectivity index (χ2v) is 6.88. The first-order valence-corrected chi connectivity index (χ1v) is 8.29. The van der Waals surface area contributed by atoms with Gasteiger partial charge in [0.25, 0.3) is 5.56 Å².